The predicted molar refractivity (Wildman–Crippen MR) is 122 cm³/mol. The third kappa shape index (κ3) is 8.78. The van der Waals surface area contributed by atoms with E-state index in [2.05, 4.69) is 4.74 Å². The number of rotatable bonds is 14. The third-order valence-electron chi connectivity index (χ3n) is 5.16. The Morgan fingerprint density at radius 1 is 1.30 bits per heavy atom. The van der Waals surface area contributed by atoms with Crippen LogP contribution in [-0.4, -0.2) is 65.6 Å². The van der Waals surface area contributed by atoms with Crippen LogP contribution in [0.2, 0.25) is 0 Å². The predicted octanol–water partition coefficient (Wildman–Crippen LogP) is 4.59. The Balaban J connectivity index is 1.65. The van der Waals surface area contributed by atoms with Crippen LogP contribution >= 0.6 is 23.5 Å². The summed E-state index contributed by atoms with van der Waals surface area (Å²) in [7, 11) is 3.06. The molecule has 0 aliphatic carbocycles. The van der Waals surface area contributed by atoms with Crippen molar-refractivity contribution in [1.82, 2.24) is 4.90 Å². The lowest BCUT2D eigenvalue weighted by Crippen LogP contribution is -2.35. The van der Waals surface area contributed by atoms with Gasteiger partial charge in [-0.2, -0.15) is 0 Å². The second-order valence-corrected chi connectivity index (χ2v) is 9.45. The number of esters is 1. The minimum atomic E-state index is -0.460. The summed E-state index contributed by atoms with van der Waals surface area (Å²) in [4.78, 5) is 26.3. The molecular weight excluding hydrogens is 422 g/mol. The van der Waals surface area contributed by atoms with Crippen molar-refractivity contribution >= 4 is 34.7 Å². The molecule has 1 heterocycles. The average Bonchev–Trinajstić information content (AvgIpc) is 3.12. The number of aliphatic hydroxyl groups is 1. The SMILES string of the molecule is COC(=O)CCCCCCC1CSC(=O)N1CCC(O)CSc1cccc(OC)c1. The number of amides is 1. The molecule has 0 radical (unpaired) electrons. The van der Waals surface area contributed by atoms with Crippen molar-refractivity contribution < 1.29 is 24.2 Å². The zero-order chi connectivity index (χ0) is 21.8. The molecular formula is C22H33NO5S2. The molecule has 6 nitrogen and oxygen atoms in total. The van der Waals surface area contributed by atoms with E-state index in [1.807, 2.05) is 29.2 Å². The van der Waals surface area contributed by atoms with Crippen molar-refractivity contribution in [2.45, 2.75) is 62.0 Å². The van der Waals surface area contributed by atoms with Gasteiger partial charge in [0.15, 0.2) is 0 Å². The number of ether oxygens (including phenoxy) is 2. The normalized spacial score (nSPS) is 17.2. The van der Waals surface area contributed by atoms with Gasteiger partial charge in [0.05, 0.1) is 20.3 Å². The molecule has 0 saturated carbocycles. The van der Waals surface area contributed by atoms with Gasteiger partial charge in [0.25, 0.3) is 5.24 Å². The molecule has 1 amide bonds. The van der Waals surface area contributed by atoms with Gasteiger partial charge in [0, 0.05) is 35.4 Å². The van der Waals surface area contributed by atoms with Crippen molar-refractivity contribution in [3.8, 4) is 5.75 Å². The summed E-state index contributed by atoms with van der Waals surface area (Å²) in [5, 5.41) is 10.5. The van der Waals surface area contributed by atoms with E-state index in [0.29, 0.717) is 25.1 Å². The van der Waals surface area contributed by atoms with Crippen LogP contribution in [0.1, 0.15) is 44.9 Å². The lowest BCUT2D eigenvalue weighted by molar-refractivity contribution is -0.140. The Labute approximate surface area is 188 Å². The molecule has 1 fully saturated rings. The first-order valence-electron chi connectivity index (χ1n) is 10.5. The molecule has 30 heavy (non-hydrogen) atoms. The molecule has 1 aliphatic rings. The largest absolute Gasteiger partial charge is 0.497 e. The Morgan fingerprint density at radius 3 is 2.87 bits per heavy atom. The van der Waals surface area contributed by atoms with Gasteiger partial charge in [0.1, 0.15) is 5.75 Å². The van der Waals surface area contributed by atoms with Crippen LogP contribution in [0.15, 0.2) is 29.2 Å². The van der Waals surface area contributed by atoms with Gasteiger partial charge in [-0.05, 0) is 37.5 Å². The number of hydrogen-bond donors (Lipinski definition) is 1. The molecule has 168 valence electrons. The summed E-state index contributed by atoms with van der Waals surface area (Å²) in [6, 6.07) is 8.05. The summed E-state index contributed by atoms with van der Waals surface area (Å²) in [6.07, 6.45) is 5.54. The summed E-state index contributed by atoms with van der Waals surface area (Å²) in [6.45, 7) is 0.596. The highest BCUT2D eigenvalue weighted by molar-refractivity contribution is 8.13. The van der Waals surface area contributed by atoms with E-state index in [9.17, 15) is 14.7 Å². The topological polar surface area (TPSA) is 76.1 Å². The first-order chi connectivity index (χ1) is 14.5. The second-order valence-electron chi connectivity index (χ2n) is 7.39. The average molecular weight is 456 g/mol. The second kappa shape index (κ2) is 13.8. The Hall–Kier alpha value is -1.38. The van der Waals surface area contributed by atoms with Crippen LogP contribution in [0.5, 0.6) is 5.75 Å². The number of carbonyl (C=O) groups excluding carboxylic acids is 2. The van der Waals surface area contributed by atoms with Crippen molar-refractivity contribution in [3.63, 3.8) is 0 Å². The van der Waals surface area contributed by atoms with Crippen LogP contribution in [0, 0.1) is 0 Å². The highest BCUT2D eigenvalue weighted by Crippen LogP contribution is 2.28. The maximum absolute atomic E-state index is 12.2. The number of carbonyl (C=O) groups is 2. The summed E-state index contributed by atoms with van der Waals surface area (Å²) >= 11 is 2.98. The van der Waals surface area contributed by atoms with Gasteiger partial charge in [-0.25, -0.2) is 0 Å². The summed E-state index contributed by atoms with van der Waals surface area (Å²) in [5.41, 5.74) is 0. The highest BCUT2D eigenvalue weighted by Gasteiger charge is 2.31. The van der Waals surface area contributed by atoms with Gasteiger partial charge < -0.3 is 19.5 Å². The van der Waals surface area contributed by atoms with E-state index in [0.717, 1.165) is 48.5 Å². The van der Waals surface area contributed by atoms with E-state index in [1.165, 1.54) is 18.9 Å². The molecule has 1 saturated heterocycles. The molecule has 2 unspecified atom stereocenters. The van der Waals surface area contributed by atoms with Gasteiger partial charge in [-0.15, -0.1) is 11.8 Å². The van der Waals surface area contributed by atoms with E-state index in [1.54, 1.807) is 18.9 Å². The molecule has 2 atom stereocenters. The third-order valence-corrected chi connectivity index (χ3v) is 7.33. The van der Waals surface area contributed by atoms with Crippen LogP contribution in [0.25, 0.3) is 0 Å². The number of benzene rings is 1. The Bertz CT molecular complexity index is 673. The van der Waals surface area contributed by atoms with E-state index in [-0.39, 0.29) is 17.3 Å². The molecule has 2 rings (SSSR count). The Kier molecular flexibility index (Phi) is 11.5. The van der Waals surface area contributed by atoms with Crippen molar-refractivity contribution in [2.75, 3.05) is 32.3 Å². The standard InChI is InChI=1S/C22H33NO5S2/c1-27-19-9-7-10-20(14-19)29-16-18(24)12-13-23-17(15-30-22(23)26)8-5-3-4-6-11-21(25)28-2/h7,9-10,14,17-18,24H,3-6,8,11-13,15-16H2,1-2H3. The van der Waals surface area contributed by atoms with Gasteiger partial charge in [0.2, 0.25) is 0 Å². The van der Waals surface area contributed by atoms with Gasteiger partial charge in [-0.1, -0.05) is 37.1 Å². The zero-order valence-electron chi connectivity index (χ0n) is 17.9. The molecule has 0 spiro atoms. The van der Waals surface area contributed by atoms with Crippen LogP contribution < -0.4 is 4.74 Å². The van der Waals surface area contributed by atoms with Crippen molar-refractivity contribution in [2.24, 2.45) is 0 Å². The molecule has 0 aromatic heterocycles. The fraction of sp³-hybridized carbons (Fsp3) is 0.636. The molecule has 1 aliphatic heterocycles. The maximum atomic E-state index is 12.2. The minimum Gasteiger partial charge on any atom is -0.497 e. The quantitative estimate of drug-likeness (QED) is 0.250. The number of hydrogen-bond acceptors (Lipinski definition) is 7. The zero-order valence-corrected chi connectivity index (χ0v) is 19.5. The molecule has 1 aromatic carbocycles. The fourth-order valence-corrected chi connectivity index (χ4v) is 5.38. The van der Waals surface area contributed by atoms with Gasteiger partial charge >= 0.3 is 5.97 Å². The molecule has 1 N–H and O–H groups in total. The molecule has 0 bridgehead atoms. The highest BCUT2D eigenvalue weighted by atomic mass is 32.2. The number of methoxy groups -OCH3 is 2. The van der Waals surface area contributed by atoms with Gasteiger partial charge in [-0.3, -0.25) is 9.59 Å². The van der Waals surface area contributed by atoms with Crippen molar-refractivity contribution in [1.29, 1.82) is 0 Å². The number of aliphatic hydroxyl groups excluding tert-OH is 1. The molecule has 1 aromatic rings. The first-order valence-corrected chi connectivity index (χ1v) is 12.5. The first kappa shape index (κ1) is 24.9. The lowest BCUT2D eigenvalue weighted by atomic mass is 10.1. The molecule has 8 heteroatoms. The smallest absolute Gasteiger partial charge is 0.305 e. The van der Waals surface area contributed by atoms with E-state index >= 15 is 0 Å². The Morgan fingerprint density at radius 2 is 2.10 bits per heavy atom. The maximum Gasteiger partial charge on any atom is 0.305 e. The van der Waals surface area contributed by atoms with E-state index in [4.69, 9.17) is 4.74 Å². The van der Waals surface area contributed by atoms with Crippen LogP contribution in [0.3, 0.4) is 0 Å². The number of unbranched alkanes of at least 4 members (excludes halogenated alkanes) is 3. The number of nitrogens with zero attached hydrogens (tertiary/aromatic N) is 1. The minimum absolute atomic E-state index is 0.123. The van der Waals surface area contributed by atoms with Crippen molar-refractivity contribution in [3.05, 3.63) is 24.3 Å². The summed E-state index contributed by atoms with van der Waals surface area (Å²) < 4.78 is 9.88. The lowest BCUT2D eigenvalue weighted by Gasteiger charge is -2.25. The van der Waals surface area contributed by atoms with Crippen LogP contribution in [-0.2, 0) is 9.53 Å². The van der Waals surface area contributed by atoms with E-state index < -0.39 is 6.10 Å². The summed E-state index contributed by atoms with van der Waals surface area (Å²) in [5.74, 6) is 2.08. The monoisotopic (exact) mass is 455 g/mol. The van der Waals surface area contributed by atoms with Crippen LogP contribution in [0.4, 0.5) is 4.79 Å². The fourth-order valence-electron chi connectivity index (χ4n) is 3.36. The number of thioether (sulfide) groups is 2.